The van der Waals surface area contributed by atoms with Crippen molar-refractivity contribution in [2.45, 2.75) is 36.0 Å². The Kier molecular flexibility index (Phi) is 5.56. The van der Waals surface area contributed by atoms with E-state index < -0.39 is 53.6 Å². The van der Waals surface area contributed by atoms with Crippen LogP contribution in [0.2, 0.25) is 0 Å². The molecule has 0 bridgehead atoms. The molecule has 25 heavy (non-hydrogen) atoms. The summed E-state index contributed by atoms with van der Waals surface area (Å²) in [4.78, 5) is 30.6. The second-order valence-electron chi connectivity index (χ2n) is 4.20. The van der Waals surface area contributed by atoms with E-state index in [0.717, 1.165) is 0 Å². The van der Waals surface area contributed by atoms with E-state index in [1.165, 1.54) is 0 Å². The molecule has 0 aliphatic rings. The number of rotatable bonds is 7. The number of ketones is 2. The molecule has 0 fully saturated rings. The quantitative estimate of drug-likeness (QED) is 0.665. The van der Waals surface area contributed by atoms with Gasteiger partial charge in [0.1, 0.15) is 0 Å². The van der Waals surface area contributed by atoms with E-state index in [1.54, 1.807) is 0 Å². The average molecular weight is 402 g/mol. The molecule has 4 nitrogen and oxygen atoms in total. The van der Waals surface area contributed by atoms with Crippen molar-refractivity contribution in [3.8, 4) is 0 Å². The van der Waals surface area contributed by atoms with E-state index in [4.69, 9.17) is 5.11 Å². The van der Waals surface area contributed by atoms with Gasteiger partial charge in [0.15, 0.2) is 0 Å². The molecule has 0 saturated heterocycles. The highest BCUT2D eigenvalue weighted by molar-refractivity contribution is 5.98. The minimum atomic E-state index is -7.62. The molecule has 0 radical (unpaired) electrons. The Balaban J connectivity index is 6.10. The number of carbonyl (C=O) groups is 3. The number of hydrogen-bond donors (Lipinski definition) is 1. The van der Waals surface area contributed by atoms with E-state index in [0.29, 0.717) is 0 Å². The molecule has 0 saturated carbocycles. The van der Waals surface area contributed by atoms with Crippen LogP contribution in [-0.4, -0.2) is 58.7 Å². The summed E-state index contributed by atoms with van der Waals surface area (Å²) in [7, 11) is 0. The van der Waals surface area contributed by atoms with Gasteiger partial charge < -0.3 is 5.11 Å². The van der Waals surface area contributed by atoms with Crippen LogP contribution in [-0.2, 0) is 14.4 Å². The first-order valence-corrected chi connectivity index (χ1v) is 5.21. The smallest absolute Gasteiger partial charge is 0.456 e. The van der Waals surface area contributed by atoms with Crippen molar-refractivity contribution >= 4 is 17.5 Å². The Hall–Kier alpha value is -2.03. The third kappa shape index (κ3) is 3.51. The maximum Gasteiger partial charge on any atom is 0.456 e. The van der Waals surface area contributed by atoms with Crippen molar-refractivity contribution in [3.05, 3.63) is 0 Å². The van der Waals surface area contributed by atoms with Gasteiger partial charge in [-0.2, -0.15) is 48.3 Å². The van der Waals surface area contributed by atoms with Crippen LogP contribution in [0.3, 0.4) is 0 Å². The number of alkyl halides is 12. The van der Waals surface area contributed by atoms with Gasteiger partial charge in [0.05, 0.1) is 0 Å². The number of carboxylic acids is 1. The van der Waals surface area contributed by atoms with Crippen LogP contribution in [0.25, 0.3) is 0 Å². The molecule has 0 aromatic carbocycles. The summed E-state index contributed by atoms with van der Waals surface area (Å²) < 4.78 is 151. The van der Waals surface area contributed by atoms with E-state index in [1.807, 2.05) is 0 Å². The standard InChI is InChI=1S/C9H2F12O4/c10-1(5(11,12)4(24)25)2(22)6(13,14)9(20,21)7(15,16)3(23)8(17,18)19/h1H,(H,24,25). The summed E-state index contributed by atoms with van der Waals surface area (Å²) in [6, 6.07) is 0. The van der Waals surface area contributed by atoms with E-state index in [-0.39, 0.29) is 0 Å². The summed E-state index contributed by atoms with van der Waals surface area (Å²) in [6.45, 7) is 0. The second-order valence-corrected chi connectivity index (χ2v) is 4.20. The largest absolute Gasteiger partial charge is 0.477 e. The normalized spacial score (nSPS) is 15.7. The SMILES string of the molecule is O=C(O)C(F)(F)C(F)C(=O)C(F)(F)C(F)(F)C(F)(F)C(=O)C(F)(F)F. The predicted molar refractivity (Wildman–Crippen MR) is 48.4 cm³/mol. The van der Waals surface area contributed by atoms with Crippen LogP contribution in [0.15, 0.2) is 0 Å². The summed E-state index contributed by atoms with van der Waals surface area (Å²) in [5.41, 5.74) is 0. The molecule has 0 aliphatic heterocycles. The number of Topliss-reactive ketones (excluding diaryl/α,β-unsaturated/α-hetero) is 2. The van der Waals surface area contributed by atoms with Crippen molar-refractivity contribution in [3.63, 3.8) is 0 Å². The highest BCUT2D eigenvalue weighted by Gasteiger charge is 2.81. The molecular formula is C9H2F12O4. The zero-order valence-corrected chi connectivity index (χ0v) is 10.8. The van der Waals surface area contributed by atoms with Gasteiger partial charge in [0, 0.05) is 0 Å². The molecular weight excluding hydrogens is 400 g/mol. The fraction of sp³-hybridized carbons (Fsp3) is 0.667. The zero-order valence-electron chi connectivity index (χ0n) is 10.8. The highest BCUT2D eigenvalue weighted by atomic mass is 19.4. The van der Waals surface area contributed by atoms with E-state index >= 15 is 0 Å². The van der Waals surface area contributed by atoms with Gasteiger partial charge in [-0.05, 0) is 0 Å². The molecule has 0 heterocycles. The number of aliphatic carboxylic acids is 1. The topological polar surface area (TPSA) is 71.4 Å². The lowest BCUT2D eigenvalue weighted by Gasteiger charge is -2.32. The van der Waals surface area contributed by atoms with Gasteiger partial charge >= 0.3 is 41.6 Å². The molecule has 0 amide bonds. The first kappa shape index (κ1) is 23.0. The maximum absolute atomic E-state index is 13.0. The molecule has 0 aromatic rings. The Bertz CT molecular complexity index is 578. The number of carbonyl (C=O) groups excluding carboxylic acids is 2. The van der Waals surface area contributed by atoms with Gasteiger partial charge in [-0.1, -0.05) is 0 Å². The fourth-order valence-corrected chi connectivity index (χ4v) is 1.10. The van der Waals surface area contributed by atoms with E-state index in [2.05, 4.69) is 0 Å². The second kappa shape index (κ2) is 6.05. The summed E-state index contributed by atoms with van der Waals surface area (Å²) in [5.74, 6) is -41.3. The first-order valence-electron chi connectivity index (χ1n) is 5.21. The zero-order chi connectivity index (χ0) is 20.8. The van der Waals surface area contributed by atoms with Crippen LogP contribution in [0.5, 0.6) is 0 Å². The molecule has 146 valence electrons. The summed E-state index contributed by atoms with van der Waals surface area (Å²) >= 11 is 0. The fourth-order valence-electron chi connectivity index (χ4n) is 1.10. The Morgan fingerprint density at radius 3 is 1.36 bits per heavy atom. The molecule has 16 heteroatoms. The molecule has 1 atom stereocenters. The molecule has 0 rings (SSSR count). The van der Waals surface area contributed by atoms with Gasteiger partial charge in [0.2, 0.25) is 12.0 Å². The number of hydrogen-bond acceptors (Lipinski definition) is 3. The number of carboxylic acid groups (broad SMARTS) is 1. The summed E-state index contributed by atoms with van der Waals surface area (Å²) in [6.07, 6.45) is -12.2. The van der Waals surface area contributed by atoms with Crippen molar-refractivity contribution in [2.75, 3.05) is 0 Å². The van der Waals surface area contributed by atoms with Crippen LogP contribution in [0.4, 0.5) is 52.7 Å². The monoisotopic (exact) mass is 402 g/mol. The van der Waals surface area contributed by atoms with Gasteiger partial charge in [-0.15, -0.1) is 0 Å². The lowest BCUT2D eigenvalue weighted by atomic mass is 9.93. The van der Waals surface area contributed by atoms with Crippen molar-refractivity contribution in [1.82, 2.24) is 0 Å². The molecule has 1 N–H and O–H groups in total. The van der Waals surface area contributed by atoms with Gasteiger partial charge in [-0.3, -0.25) is 9.59 Å². The molecule has 1 unspecified atom stereocenters. The van der Waals surface area contributed by atoms with Crippen LogP contribution < -0.4 is 0 Å². The Morgan fingerprint density at radius 2 is 1.08 bits per heavy atom. The predicted octanol–water partition coefficient (Wildman–Crippen LogP) is 2.65. The maximum atomic E-state index is 13.0. The first-order chi connectivity index (χ1) is 10.7. The minimum absolute atomic E-state index is 3.65. The van der Waals surface area contributed by atoms with Crippen LogP contribution in [0.1, 0.15) is 0 Å². The Morgan fingerprint density at radius 1 is 0.720 bits per heavy atom. The van der Waals surface area contributed by atoms with Crippen LogP contribution >= 0.6 is 0 Å². The molecule has 0 spiro atoms. The van der Waals surface area contributed by atoms with Crippen molar-refractivity contribution in [1.29, 1.82) is 0 Å². The van der Waals surface area contributed by atoms with Crippen LogP contribution in [0, 0.1) is 0 Å². The van der Waals surface area contributed by atoms with Gasteiger partial charge in [-0.25, -0.2) is 9.18 Å². The number of halogens is 12. The minimum Gasteiger partial charge on any atom is -0.477 e. The summed E-state index contributed by atoms with van der Waals surface area (Å²) in [5, 5.41) is 7.76. The highest BCUT2D eigenvalue weighted by Crippen LogP contribution is 2.50. The Labute approximate surface area is 127 Å². The average Bonchev–Trinajstić information content (AvgIpc) is 2.42. The molecule has 0 aliphatic carbocycles. The lowest BCUT2D eigenvalue weighted by molar-refractivity contribution is -0.298. The van der Waals surface area contributed by atoms with E-state index in [9.17, 15) is 67.1 Å². The third-order valence-corrected chi connectivity index (χ3v) is 2.47. The van der Waals surface area contributed by atoms with Gasteiger partial charge in [0.25, 0.3) is 0 Å². The van der Waals surface area contributed by atoms with Crippen molar-refractivity contribution < 1.29 is 72.2 Å². The lowest BCUT2D eigenvalue weighted by Crippen LogP contribution is -2.65. The molecule has 0 aromatic heterocycles. The van der Waals surface area contributed by atoms with Crippen molar-refractivity contribution in [2.24, 2.45) is 0 Å². The third-order valence-electron chi connectivity index (χ3n) is 2.47.